The largest absolute Gasteiger partial charge is 0.496 e. The van der Waals surface area contributed by atoms with Crippen LogP contribution in [0.1, 0.15) is 21.5 Å². The van der Waals surface area contributed by atoms with Gasteiger partial charge in [-0.2, -0.15) is 0 Å². The van der Waals surface area contributed by atoms with Gasteiger partial charge in [-0.15, -0.1) is 24.0 Å². The fraction of sp³-hybridized carbons (Fsp3) is 0.300. The lowest BCUT2D eigenvalue weighted by atomic mass is 10.1. The first-order valence-electron chi connectivity index (χ1n) is 8.55. The van der Waals surface area contributed by atoms with Gasteiger partial charge in [0.15, 0.2) is 5.96 Å². The minimum absolute atomic E-state index is 0. The molecule has 3 N–H and O–H groups in total. The van der Waals surface area contributed by atoms with Crippen molar-refractivity contribution in [1.29, 1.82) is 0 Å². The van der Waals surface area contributed by atoms with Crippen LogP contribution in [0.2, 0.25) is 0 Å². The second-order valence-electron chi connectivity index (χ2n) is 5.69. The van der Waals surface area contributed by atoms with Gasteiger partial charge < -0.3 is 20.7 Å². The van der Waals surface area contributed by atoms with Gasteiger partial charge in [-0.3, -0.25) is 9.79 Å². The summed E-state index contributed by atoms with van der Waals surface area (Å²) in [6.45, 7) is 1.37. The van der Waals surface area contributed by atoms with Crippen molar-refractivity contribution in [2.45, 2.75) is 13.0 Å². The van der Waals surface area contributed by atoms with Crippen LogP contribution in [0.4, 0.5) is 0 Å². The summed E-state index contributed by atoms with van der Waals surface area (Å²) in [5.74, 6) is 1.54. The third-order valence-corrected chi connectivity index (χ3v) is 4.01. The van der Waals surface area contributed by atoms with Gasteiger partial charge in [-0.25, -0.2) is 0 Å². The van der Waals surface area contributed by atoms with E-state index in [1.54, 1.807) is 21.2 Å². The van der Waals surface area contributed by atoms with Crippen LogP contribution in [0.15, 0.2) is 53.5 Å². The zero-order valence-corrected chi connectivity index (χ0v) is 18.2. The number of guanidine groups is 1. The van der Waals surface area contributed by atoms with Crippen LogP contribution in [0.25, 0.3) is 0 Å². The van der Waals surface area contributed by atoms with Crippen LogP contribution >= 0.6 is 24.0 Å². The van der Waals surface area contributed by atoms with Gasteiger partial charge >= 0.3 is 0 Å². The summed E-state index contributed by atoms with van der Waals surface area (Å²) in [7, 11) is 5.05. The fourth-order valence-electron chi connectivity index (χ4n) is 2.55. The molecule has 0 aliphatic rings. The summed E-state index contributed by atoms with van der Waals surface area (Å²) >= 11 is 0. The highest BCUT2D eigenvalue weighted by molar-refractivity contribution is 14.0. The van der Waals surface area contributed by atoms with Crippen LogP contribution in [-0.4, -0.2) is 39.6 Å². The maximum Gasteiger partial charge on any atom is 0.251 e. The number of para-hydroxylation sites is 1. The molecule has 146 valence electrons. The average molecular weight is 482 g/mol. The number of ether oxygens (including phenoxy) is 1. The topological polar surface area (TPSA) is 74.8 Å². The third-order valence-electron chi connectivity index (χ3n) is 4.01. The number of nitrogens with one attached hydrogen (secondary N) is 3. The van der Waals surface area contributed by atoms with Crippen LogP contribution in [0.3, 0.4) is 0 Å². The van der Waals surface area contributed by atoms with E-state index in [-0.39, 0.29) is 29.9 Å². The van der Waals surface area contributed by atoms with E-state index in [0.29, 0.717) is 12.1 Å². The molecule has 0 spiro atoms. The monoisotopic (exact) mass is 482 g/mol. The van der Waals surface area contributed by atoms with E-state index in [4.69, 9.17) is 4.74 Å². The molecule has 0 aliphatic heterocycles. The molecule has 27 heavy (non-hydrogen) atoms. The van der Waals surface area contributed by atoms with Gasteiger partial charge in [0, 0.05) is 32.7 Å². The van der Waals surface area contributed by atoms with E-state index in [1.807, 2.05) is 42.5 Å². The summed E-state index contributed by atoms with van der Waals surface area (Å²) in [4.78, 5) is 15.8. The molecule has 0 atom stereocenters. The van der Waals surface area contributed by atoms with Crippen LogP contribution in [0, 0.1) is 0 Å². The summed E-state index contributed by atoms with van der Waals surface area (Å²) in [5.41, 5.74) is 2.88. The van der Waals surface area contributed by atoms with Gasteiger partial charge in [0.1, 0.15) is 5.75 Å². The van der Waals surface area contributed by atoms with Crippen molar-refractivity contribution in [3.63, 3.8) is 0 Å². The first-order valence-corrected chi connectivity index (χ1v) is 8.55. The number of rotatable bonds is 7. The van der Waals surface area contributed by atoms with E-state index in [9.17, 15) is 4.79 Å². The maximum absolute atomic E-state index is 11.6. The Morgan fingerprint density at radius 2 is 1.78 bits per heavy atom. The van der Waals surface area contributed by atoms with E-state index in [0.717, 1.165) is 35.8 Å². The molecule has 0 saturated carbocycles. The van der Waals surface area contributed by atoms with Gasteiger partial charge in [0.05, 0.1) is 7.11 Å². The highest BCUT2D eigenvalue weighted by Gasteiger charge is 2.04. The Morgan fingerprint density at radius 1 is 1.07 bits per heavy atom. The Hall–Kier alpha value is -2.29. The van der Waals surface area contributed by atoms with Crippen LogP contribution < -0.4 is 20.7 Å². The van der Waals surface area contributed by atoms with Crippen molar-refractivity contribution in [1.82, 2.24) is 16.0 Å². The fourth-order valence-corrected chi connectivity index (χ4v) is 2.55. The highest BCUT2D eigenvalue weighted by Crippen LogP contribution is 2.17. The summed E-state index contributed by atoms with van der Waals surface area (Å²) in [6, 6.07) is 15.5. The Labute approximate surface area is 177 Å². The highest BCUT2D eigenvalue weighted by atomic mass is 127. The average Bonchev–Trinajstić information content (AvgIpc) is 2.70. The standard InChI is InChI=1S/C20H26N4O2.HI/c1-21-19(25)17-10-8-15(9-11-17)14-24-20(22-2)23-13-12-16-6-4-5-7-18(16)26-3;/h4-11H,12-14H2,1-3H3,(H,21,25)(H2,22,23,24);1H. The molecule has 0 unspecified atom stereocenters. The lowest BCUT2D eigenvalue weighted by Gasteiger charge is -2.13. The molecule has 0 fully saturated rings. The number of hydrogen-bond donors (Lipinski definition) is 3. The first-order chi connectivity index (χ1) is 12.7. The molecule has 0 aromatic heterocycles. The Morgan fingerprint density at radius 3 is 2.41 bits per heavy atom. The Bertz CT molecular complexity index is 748. The number of halogens is 1. The quantitative estimate of drug-likeness (QED) is 0.322. The number of methoxy groups -OCH3 is 1. The van der Waals surface area contributed by atoms with Crippen molar-refractivity contribution >= 4 is 35.8 Å². The molecule has 2 rings (SSSR count). The van der Waals surface area contributed by atoms with Gasteiger partial charge in [0.2, 0.25) is 0 Å². The number of benzene rings is 2. The summed E-state index contributed by atoms with van der Waals surface area (Å²) in [5, 5.41) is 9.18. The number of carbonyl (C=O) groups is 1. The minimum atomic E-state index is -0.0849. The number of nitrogens with zero attached hydrogens (tertiary/aromatic N) is 1. The number of amides is 1. The van der Waals surface area contributed by atoms with Crippen molar-refractivity contribution < 1.29 is 9.53 Å². The van der Waals surface area contributed by atoms with Crippen molar-refractivity contribution in [3.8, 4) is 5.75 Å². The Balaban J connectivity index is 0.00000364. The van der Waals surface area contributed by atoms with Gasteiger partial charge in [0.25, 0.3) is 5.91 Å². The maximum atomic E-state index is 11.6. The third kappa shape index (κ3) is 7.09. The zero-order valence-electron chi connectivity index (χ0n) is 15.9. The van der Waals surface area contributed by atoms with Gasteiger partial charge in [-0.05, 0) is 35.7 Å². The SMILES string of the molecule is CN=C(NCCc1ccccc1OC)NCc1ccc(C(=O)NC)cc1.I. The molecule has 2 aromatic carbocycles. The molecule has 0 radical (unpaired) electrons. The van der Waals surface area contributed by atoms with E-state index < -0.39 is 0 Å². The van der Waals surface area contributed by atoms with Crippen molar-refractivity contribution in [2.75, 3.05) is 27.7 Å². The molecule has 2 aromatic rings. The summed E-state index contributed by atoms with van der Waals surface area (Å²) in [6.07, 6.45) is 0.839. The molecule has 0 heterocycles. The lowest BCUT2D eigenvalue weighted by Crippen LogP contribution is -2.37. The molecule has 0 bridgehead atoms. The molecular formula is C20H27IN4O2. The van der Waals surface area contributed by atoms with E-state index >= 15 is 0 Å². The normalized spacial score (nSPS) is 10.6. The van der Waals surface area contributed by atoms with E-state index in [2.05, 4.69) is 27.0 Å². The van der Waals surface area contributed by atoms with Crippen LogP contribution in [0.5, 0.6) is 5.75 Å². The predicted octanol–water partition coefficient (Wildman–Crippen LogP) is 2.58. The molecule has 1 amide bonds. The Kier molecular flexibility index (Phi) is 10.2. The summed E-state index contributed by atoms with van der Waals surface area (Å²) < 4.78 is 5.37. The number of carbonyl (C=O) groups excluding carboxylic acids is 1. The number of hydrogen-bond acceptors (Lipinski definition) is 3. The molecule has 6 nitrogen and oxygen atoms in total. The number of aliphatic imine (C=N–C) groups is 1. The molecule has 0 saturated heterocycles. The second-order valence-corrected chi connectivity index (χ2v) is 5.69. The van der Waals surface area contributed by atoms with Crippen molar-refractivity contribution in [3.05, 3.63) is 65.2 Å². The zero-order chi connectivity index (χ0) is 18.8. The minimum Gasteiger partial charge on any atom is -0.496 e. The lowest BCUT2D eigenvalue weighted by molar-refractivity contribution is 0.0963. The first kappa shape index (κ1) is 22.8. The molecule has 7 heteroatoms. The molecular weight excluding hydrogens is 455 g/mol. The van der Waals surface area contributed by atoms with Gasteiger partial charge in [-0.1, -0.05) is 30.3 Å². The molecule has 0 aliphatic carbocycles. The smallest absolute Gasteiger partial charge is 0.251 e. The van der Waals surface area contributed by atoms with E-state index in [1.165, 1.54) is 0 Å². The predicted molar refractivity (Wildman–Crippen MR) is 120 cm³/mol. The second kappa shape index (κ2) is 12.2. The van der Waals surface area contributed by atoms with Crippen molar-refractivity contribution in [2.24, 2.45) is 4.99 Å². The van der Waals surface area contributed by atoms with Crippen LogP contribution in [-0.2, 0) is 13.0 Å².